The minimum absolute atomic E-state index is 0.186. The first-order valence-electron chi connectivity index (χ1n) is 14.0. The summed E-state index contributed by atoms with van der Waals surface area (Å²) in [6.07, 6.45) is 0. The number of hydrogen-bond acceptors (Lipinski definition) is 7. The molecule has 0 unspecified atom stereocenters. The van der Waals surface area contributed by atoms with E-state index in [2.05, 4.69) is 10.6 Å². The van der Waals surface area contributed by atoms with E-state index in [9.17, 15) is 9.59 Å². The highest BCUT2D eigenvalue weighted by Crippen LogP contribution is 2.34. The Kier molecular flexibility index (Phi) is 8.91. The molecule has 2 N–H and O–H groups in total. The first kappa shape index (κ1) is 29.7. The molecule has 2 amide bonds. The molecule has 0 radical (unpaired) electrons. The highest BCUT2D eigenvalue weighted by atomic mass is 32.1. The lowest BCUT2D eigenvalue weighted by molar-refractivity contribution is 0.102. The Balaban J connectivity index is 1.06. The van der Waals surface area contributed by atoms with Gasteiger partial charge in [0.05, 0.1) is 35.3 Å². The molecular formula is C36H28N2O5S2. The monoisotopic (exact) mass is 632 g/mol. The van der Waals surface area contributed by atoms with Crippen LogP contribution in [-0.2, 0) is 0 Å². The molecule has 0 bridgehead atoms. The second kappa shape index (κ2) is 13.5. The quantitative estimate of drug-likeness (QED) is 0.157. The zero-order valence-electron chi connectivity index (χ0n) is 24.4. The summed E-state index contributed by atoms with van der Waals surface area (Å²) in [6.45, 7) is 0. The lowest BCUT2D eigenvalue weighted by Crippen LogP contribution is -2.10. The van der Waals surface area contributed by atoms with E-state index < -0.39 is 0 Å². The van der Waals surface area contributed by atoms with Crippen LogP contribution < -0.4 is 24.8 Å². The molecule has 45 heavy (non-hydrogen) atoms. The van der Waals surface area contributed by atoms with Crippen LogP contribution in [0.15, 0.2) is 121 Å². The number of nitrogens with one attached hydrogen (secondary N) is 2. The molecule has 0 spiro atoms. The molecule has 0 aliphatic rings. The van der Waals surface area contributed by atoms with Crippen LogP contribution in [0.2, 0.25) is 0 Å². The third-order valence-electron chi connectivity index (χ3n) is 6.88. The summed E-state index contributed by atoms with van der Waals surface area (Å²) >= 11 is 2.84. The predicted octanol–water partition coefficient (Wildman–Crippen LogP) is 9.46. The van der Waals surface area contributed by atoms with Gasteiger partial charge >= 0.3 is 0 Å². The molecule has 6 aromatic rings. The minimum Gasteiger partial charge on any atom is -0.495 e. The second-order valence-corrected chi connectivity index (χ2v) is 12.0. The largest absolute Gasteiger partial charge is 0.495 e. The fourth-order valence-corrected chi connectivity index (χ4v) is 6.42. The smallest absolute Gasteiger partial charge is 0.265 e. The SMILES string of the molecule is COc1ccccc1NC(=O)c1ccc(-c2ccc(Oc3ccc(-c4ccc(C(=O)Nc5ccccc5OC)s4)cc3)cc2)s1. The first-order valence-corrected chi connectivity index (χ1v) is 15.6. The number of anilines is 2. The Morgan fingerprint density at radius 1 is 0.511 bits per heavy atom. The molecular weight excluding hydrogens is 605 g/mol. The molecule has 4 aromatic carbocycles. The van der Waals surface area contributed by atoms with Gasteiger partial charge in [-0.15, -0.1) is 22.7 Å². The molecule has 0 aliphatic heterocycles. The highest BCUT2D eigenvalue weighted by Gasteiger charge is 2.15. The first-order chi connectivity index (χ1) is 22.0. The van der Waals surface area contributed by atoms with Crippen LogP contribution in [0.4, 0.5) is 11.4 Å². The van der Waals surface area contributed by atoms with Crippen LogP contribution in [0.5, 0.6) is 23.0 Å². The third-order valence-corrected chi connectivity index (χ3v) is 9.15. The summed E-state index contributed by atoms with van der Waals surface area (Å²) in [4.78, 5) is 28.8. The molecule has 6 rings (SSSR count). The summed E-state index contributed by atoms with van der Waals surface area (Å²) in [5.74, 6) is 2.24. The van der Waals surface area contributed by atoms with E-state index in [4.69, 9.17) is 14.2 Å². The minimum atomic E-state index is -0.186. The van der Waals surface area contributed by atoms with Crippen molar-refractivity contribution in [3.05, 3.63) is 131 Å². The lowest BCUT2D eigenvalue weighted by Gasteiger charge is -2.09. The fourth-order valence-electron chi connectivity index (χ4n) is 4.60. The van der Waals surface area contributed by atoms with Crippen LogP contribution in [0.3, 0.4) is 0 Å². The van der Waals surface area contributed by atoms with Crippen molar-refractivity contribution in [3.8, 4) is 43.9 Å². The Morgan fingerprint density at radius 2 is 0.911 bits per heavy atom. The number of para-hydroxylation sites is 4. The number of ether oxygens (including phenoxy) is 3. The van der Waals surface area contributed by atoms with E-state index in [-0.39, 0.29) is 11.8 Å². The Hall–Kier alpha value is -5.38. The molecule has 0 atom stereocenters. The topological polar surface area (TPSA) is 85.9 Å². The zero-order valence-corrected chi connectivity index (χ0v) is 26.0. The maximum absolute atomic E-state index is 12.8. The van der Waals surface area contributed by atoms with Gasteiger partial charge in [-0.2, -0.15) is 0 Å². The summed E-state index contributed by atoms with van der Waals surface area (Å²) in [6, 6.07) is 37.7. The summed E-state index contributed by atoms with van der Waals surface area (Å²) in [5.41, 5.74) is 3.23. The molecule has 0 saturated carbocycles. The Morgan fingerprint density at radius 3 is 1.31 bits per heavy atom. The molecule has 0 fully saturated rings. The number of amides is 2. The second-order valence-electron chi connectivity index (χ2n) is 9.79. The van der Waals surface area contributed by atoms with Crippen molar-refractivity contribution in [2.24, 2.45) is 0 Å². The van der Waals surface area contributed by atoms with Crippen LogP contribution in [0, 0.1) is 0 Å². The molecule has 9 heteroatoms. The van der Waals surface area contributed by atoms with Gasteiger partial charge in [-0.3, -0.25) is 9.59 Å². The van der Waals surface area contributed by atoms with Gasteiger partial charge in [0.25, 0.3) is 11.8 Å². The predicted molar refractivity (Wildman–Crippen MR) is 181 cm³/mol. The third kappa shape index (κ3) is 6.90. The van der Waals surface area contributed by atoms with Gasteiger partial charge in [-0.1, -0.05) is 24.3 Å². The van der Waals surface area contributed by atoms with Gasteiger partial charge in [0.1, 0.15) is 23.0 Å². The van der Waals surface area contributed by atoms with Crippen molar-refractivity contribution in [3.63, 3.8) is 0 Å². The van der Waals surface area contributed by atoms with Crippen LogP contribution >= 0.6 is 22.7 Å². The van der Waals surface area contributed by atoms with E-state index in [0.717, 1.165) is 20.9 Å². The maximum atomic E-state index is 12.8. The number of benzene rings is 4. The molecule has 2 heterocycles. The number of thiophene rings is 2. The van der Waals surface area contributed by atoms with E-state index in [1.807, 2.05) is 109 Å². The molecule has 224 valence electrons. The van der Waals surface area contributed by atoms with E-state index in [1.54, 1.807) is 26.4 Å². The highest BCUT2D eigenvalue weighted by molar-refractivity contribution is 7.17. The van der Waals surface area contributed by atoms with Crippen molar-refractivity contribution in [2.75, 3.05) is 24.9 Å². The number of hydrogen-bond donors (Lipinski definition) is 2. The van der Waals surface area contributed by atoms with E-state index >= 15 is 0 Å². The van der Waals surface area contributed by atoms with Gasteiger partial charge in [-0.05, 0) is 108 Å². The van der Waals surface area contributed by atoms with Crippen molar-refractivity contribution < 1.29 is 23.8 Å². The van der Waals surface area contributed by atoms with Gasteiger partial charge in [0.15, 0.2) is 0 Å². The zero-order chi connectivity index (χ0) is 31.2. The van der Waals surface area contributed by atoms with Crippen molar-refractivity contribution in [2.45, 2.75) is 0 Å². The standard InChI is InChI=1S/C36H28N2O5S2/c1-41-29-9-5-3-7-27(29)37-35(39)33-21-19-31(44-33)23-11-15-25(16-12-23)43-26-17-13-24(14-18-26)32-20-22-34(45-32)36(40)38-28-8-4-6-10-30(28)42-2/h3-22H,1-2H3,(H,37,39)(H,38,40). The molecule has 7 nitrogen and oxygen atoms in total. The van der Waals surface area contributed by atoms with Crippen LogP contribution in [0.25, 0.3) is 20.9 Å². The van der Waals surface area contributed by atoms with Crippen molar-refractivity contribution >= 4 is 45.9 Å². The average Bonchev–Trinajstić information content (AvgIpc) is 3.78. The molecule has 0 aliphatic carbocycles. The Bertz CT molecular complexity index is 1800. The lowest BCUT2D eigenvalue weighted by atomic mass is 10.1. The molecule has 0 saturated heterocycles. The number of carbonyl (C=O) groups excluding carboxylic acids is 2. The number of carbonyl (C=O) groups is 2. The van der Waals surface area contributed by atoms with Gasteiger partial charge in [0.2, 0.25) is 0 Å². The van der Waals surface area contributed by atoms with Crippen LogP contribution in [-0.4, -0.2) is 26.0 Å². The number of methoxy groups -OCH3 is 2. The van der Waals surface area contributed by atoms with Gasteiger partial charge < -0.3 is 24.8 Å². The number of rotatable bonds is 10. The summed E-state index contributed by atoms with van der Waals surface area (Å²) in [7, 11) is 3.15. The van der Waals surface area contributed by atoms with Crippen molar-refractivity contribution in [1.82, 2.24) is 0 Å². The maximum Gasteiger partial charge on any atom is 0.265 e. The fraction of sp³-hybridized carbons (Fsp3) is 0.0556. The molecule has 2 aromatic heterocycles. The summed E-state index contributed by atoms with van der Waals surface area (Å²) < 4.78 is 16.7. The average molecular weight is 633 g/mol. The van der Waals surface area contributed by atoms with Crippen LogP contribution in [0.1, 0.15) is 19.3 Å². The van der Waals surface area contributed by atoms with E-state index in [1.165, 1.54) is 22.7 Å². The van der Waals surface area contributed by atoms with E-state index in [0.29, 0.717) is 44.1 Å². The van der Waals surface area contributed by atoms with Gasteiger partial charge in [0, 0.05) is 9.75 Å². The summed E-state index contributed by atoms with van der Waals surface area (Å²) in [5, 5.41) is 5.83. The van der Waals surface area contributed by atoms with Gasteiger partial charge in [-0.25, -0.2) is 0 Å². The van der Waals surface area contributed by atoms with Crippen molar-refractivity contribution in [1.29, 1.82) is 0 Å². The Labute approximate surface area is 268 Å². The normalized spacial score (nSPS) is 10.6.